The average molecular weight is 727 g/mol. The first-order valence-corrected chi connectivity index (χ1v) is 19.3. The van der Waals surface area contributed by atoms with Crippen molar-refractivity contribution < 1.29 is 0 Å². The van der Waals surface area contributed by atoms with E-state index >= 15 is 0 Å². The Labute approximate surface area is 325 Å². The zero-order valence-electron chi connectivity index (χ0n) is 30.5. The zero-order chi connectivity index (χ0) is 37.2. The summed E-state index contributed by atoms with van der Waals surface area (Å²) in [6.45, 7) is 0. The van der Waals surface area contributed by atoms with Crippen molar-refractivity contribution in [3.8, 4) is 39.9 Å². The van der Waals surface area contributed by atoms with E-state index in [0.717, 1.165) is 38.9 Å². The molecule has 0 fully saturated rings. The van der Waals surface area contributed by atoms with Gasteiger partial charge < -0.3 is 13.4 Å². The number of fused-ring (bicyclic) bond motifs is 8. The number of hydrogen-bond acceptors (Lipinski definition) is 3. The predicted molar refractivity (Wildman–Crippen MR) is 234 cm³/mol. The summed E-state index contributed by atoms with van der Waals surface area (Å²) in [5.41, 5.74) is 13.3. The third-order valence-corrected chi connectivity index (χ3v) is 11.8. The van der Waals surface area contributed by atoms with E-state index in [0.29, 0.717) is 17.5 Å². The summed E-state index contributed by atoms with van der Waals surface area (Å²) < 4.78 is 7.44. The lowest BCUT2D eigenvalue weighted by atomic mass is 10.1. The third kappa shape index (κ3) is 4.16. The smallest absolute Gasteiger partial charge is 0.164 e. The van der Waals surface area contributed by atoms with Crippen molar-refractivity contribution in [3.63, 3.8) is 0 Å². The molecule has 0 N–H and O–H groups in total. The summed E-state index contributed by atoms with van der Waals surface area (Å²) >= 11 is 0. The Balaban J connectivity index is 1.23. The summed E-state index contributed by atoms with van der Waals surface area (Å²) in [6, 6.07) is 64.8. The van der Waals surface area contributed by atoms with Crippen LogP contribution in [0.3, 0.4) is 0 Å². The SMILES string of the molecule is c1ccc(-c2nc(-c3ccccc3)nc(-c3ccc4c5cccc6c5n(c4c3)c3cccc4c3c3c(ccc5c7ccccc7n6c53)n4-c3ccccc3)n2)cc1. The van der Waals surface area contributed by atoms with E-state index < -0.39 is 0 Å². The van der Waals surface area contributed by atoms with Gasteiger partial charge in [-0.15, -0.1) is 0 Å². The van der Waals surface area contributed by atoms with Gasteiger partial charge in [-0.2, -0.15) is 0 Å². The van der Waals surface area contributed by atoms with Gasteiger partial charge in [-0.1, -0.05) is 133 Å². The van der Waals surface area contributed by atoms with Crippen LogP contribution in [0.4, 0.5) is 0 Å². The van der Waals surface area contributed by atoms with Gasteiger partial charge in [0.2, 0.25) is 0 Å². The molecule has 57 heavy (non-hydrogen) atoms. The fraction of sp³-hybridized carbons (Fsp3) is 0. The van der Waals surface area contributed by atoms with Crippen molar-refractivity contribution >= 4 is 76.5 Å². The van der Waals surface area contributed by atoms with Crippen molar-refractivity contribution in [2.24, 2.45) is 0 Å². The Bertz CT molecular complexity index is 3670. The molecule has 0 atom stereocenters. The van der Waals surface area contributed by atoms with E-state index in [9.17, 15) is 0 Å². The van der Waals surface area contributed by atoms with Crippen LogP contribution in [0.5, 0.6) is 0 Å². The normalized spacial score (nSPS) is 12.2. The molecule has 0 aliphatic rings. The number of hydrogen-bond donors (Lipinski definition) is 0. The molecule has 8 aromatic carbocycles. The van der Waals surface area contributed by atoms with E-state index in [1.807, 2.05) is 36.4 Å². The highest BCUT2D eigenvalue weighted by molar-refractivity contribution is 6.31. The fourth-order valence-electron chi connectivity index (χ4n) is 9.43. The monoisotopic (exact) mass is 726 g/mol. The van der Waals surface area contributed by atoms with Crippen LogP contribution < -0.4 is 0 Å². The second-order valence-corrected chi connectivity index (χ2v) is 14.8. The average Bonchev–Trinajstić information content (AvgIpc) is 3.92. The molecule has 0 saturated heterocycles. The van der Waals surface area contributed by atoms with E-state index in [1.54, 1.807) is 0 Å². The maximum Gasteiger partial charge on any atom is 0.164 e. The van der Waals surface area contributed by atoms with Gasteiger partial charge >= 0.3 is 0 Å². The highest BCUT2D eigenvalue weighted by Gasteiger charge is 2.25. The summed E-state index contributed by atoms with van der Waals surface area (Å²) in [6.07, 6.45) is 0. The van der Waals surface area contributed by atoms with Crippen LogP contribution in [0.15, 0.2) is 182 Å². The molecule has 0 aliphatic carbocycles. The minimum absolute atomic E-state index is 0.632. The highest BCUT2D eigenvalue weighted by atomic mass is 15.0. The van der Waals surface area contributed by atoms with Crippen molar-refractivity contribution in [2.75, 3.05) is 0 Å². The van der Waals surface area contributed by atoms with Gasteiger partial charge in [0.15, 0.2) is 17.5 Å². The fourth-order valence-corrected chi connectivity index (χ4v) is 9.43. The summed E-state index contributed by atoms with van der Waals surface area (Å²) in [5, 5.41) is 7.34. The van der Waals surface area contributed by atoms with Crippen LogP contribution in [0.2, 0.25) is 0 Å². The first kappa shape index (κ1) is 30.5. The van der Waals surface area contributed by atoms with Crippen LogP contribution in [0.25, 0.3) is 116 Å². The van der Waals surface area contributed by atoms with Crippen LogP contribution >= 0.6 is 0 Å². The minimum Gasteiger partial charge on any atom is -0.309 e. The molecule has 0 spiro atoms. The molecule has 13 aromatic rings. The number of aromatic nitrogens is 6. The molecule has 5 heterocycles. The number of benzene rings is 8. The molecule has 0 bridgehead atoms. The highest BCUT2D eigenvalue weighted by Crippen LogP contribution is 2.45. The van der Waals surface area contributed by atoms with E-state index in [4.69, 9.17) is 15.0 Å². The molecule has 0 amide bonds. The van der Waals surface area contributed by atoms with Gasteiger partial charge in [0.05, 0.1) is 44.1 Å². The molecule has 13 rings (SSSR count). The zero-order valence-corrected chi connectivity index (χ0v) is 30.5. The molecule has 5 aromatic heterocycles. The summed E-state index contributed by atoms with van der Waals surface area (Å²) in [5.74, 6) is 1.92. The van der Waals surface area contributed by atoms with Gasteiger partial charge in [0.25, 0.3) is 0 Å². The second kappa shape index (κ2) is 11.4. The topological polar surface area (TPSA) is 52.4 Å². The Hall–Kier alpha value is -7.83. The van der Waals surface area contributed by atoms with E-state index in [2.05, 4.69) is 159 Å². The first-order chi connectivity index (χ1) is 28.3. The van der Waals surface area contributed by atoms with Crippen molar-refractivity contribution in [1.82, 2.24) is 28.3 Å². The largest absolute Gasteiger partial charge is 0.309 e. The van der Waals surface area contributed by atoms with E-state index in [-0.39, 0.29) is 0 Å². The second-order valence-electron chi connectivity index (χ2n) is 14.8. The van der Waals surface area contributed by atoms with Gasteiger partial charge in [-0.25, -0.2) is 15.0 Å². The van der Waals surface area contributed by atoms with Crippen LogP contribution in [0.1, 0.15) is 0 Å². The standard InChI is InChI=1S/C51H30N6/c1-4-14-31(15-5-1)49-52-50(32-16-6-2-7-17-32)54-51(53-49)33-26-27-36-37-21-12-25-43-47(37)57(44(36)30-33)41-24-13-23-40-45(41)46-42(55(40)34-18-8-3-9-19-34)29-28-38-35-20-10-11-22-39(35)56(43)48(38)46/h1-30H. The molecule has 264 valence electrons. The number of para-hydroxylation sites is 3. The van der Waals surface area contributed by atoms with Crippen molar-refractivity contribution in [3.05, 3.63) is 182 Å². The van der Waals surface area contributed by atoms with E-state index in [1.165, 1.54) is 59.9 Å². The minimum atomic E-state index is 0.632. The molecule has 0 aliphatic heterocycles. The van der Waals surface area contributed by atoms with Gasteiger partial charge in [-0.3, -0.25) is 0 Å². The molecule has 0 unspecified atom stereocenters. The third-order valence-electron chi connectivity index (χ3n) is 11.8. The number of nitrogens with zero attached hydrogens (tertiary/aromatic N) is 6. The Morgan fingerprint density at radius 3 is 1.56 bits per heavy atom. The predicted octanol–water partition coefficient (Wildman–Crippen LogP) is 12.5. The molecule has 6 heteroatoms. The lowest BCUT2D eigenvalue weighted by Gasteiger charge is -2.10. The van der Waals surface area contributed by atoms with Crippen LogP contribution in [-0.4, -0.2) is 28.3 Å². The van der Waals surface area contributed by atoms with Gasteiger partial charge in [-0.05, 0) is 48.5 Å². The van der Waals surface area contributed by atoms with Gasteiger partial charge in [0.1, 0.15) is 0 Å². The maximum absolute atomic E-state index is 5.13. The Kier molecular flexibility index (Phi) is 6.07. The summed E-state index contributed by atoms with van der Waals surface area (Å²) in [7, 11) is 0. The van der Waals surface area contributed by atoms with Crippen LogP contribution in [-0.2, 0) is 0 Å². The molecule has 0 saturated carbocycles. The molecular weight excluding hydrogens is 697 g/mol. The summed E-state index contributed by atoms with van der Waals surface area (Å²) in [4.78, 5) is 15.2. The Morgan fingerprint density at radius 2 is 0.807 bits per heavy atom. The van der Waals surface area contributed by atoms with Gasteiger partial charge in [0, 0.05) is 54.7 Å². The van der Waals surface area contributed by atoms with Crippen molar-refractivity contribution in [1.29, 1.82) is 0 Å². The first-order valence-electron chi connectivity index (χ1n) is 19.3. The molecule has 6 nitrogen and oxygen atoms in total. The molecular formula is C51H30N6. The number of rotatable bonds is 4. The van der Waals surface area contributed by atoms with Crippen molar-refractivity contribution in [2.45, 2.75) is 0 Å². The lowest BCUT2D eigenvalue weighted by molar-refractivity contribution is 1.07. The maximum atomic E-state index is 5.13. The quantitative estimate of drug-likeness (QED) is 0.181. The lowest BCUT2D eigenvalue weighted by Crippen LogP contribution is -2.00. The Morgan fingerprint density at radius 1 is 0.298 bits per heavy atom. The van der Waals surface area contributed by atoms with Crippen LogP contribution in [0, 0.1) is 0 Å². The molecule has 0 radical (unpaired) electrons.